The van der Waals surface area contributed by atoms with Gasteiger partial charge in [0.15, 0.2) is 5.58 Å². The number of nitrogens with zero attached hydrogens (tertiary/aromatic N) is 1. The molecule has 6 rings (SSSR count). The minimum Gasteiger partial charge on any atom is -0.455 e. The Bertz CT molecular complexity index is 1580. The molecule has 3 heterocycles. The number of ketones is 1. The Kier molecular flexibility index (Phi) is 3.92. The second-order valence-electron chi connectivity index (χ2n) is 7.83. The Hall–Kier alpha value is -4.38. The van der Waals surface area contributed by atoms with E-state index in [4.69, 9.17) is 9.15 Å². The normalized spacial score (nSPS) is 14.8. The number of aryl methyl sites for hydroxylation is 1. The fourth-order valence-electron chi connectivity index (χ4n) is 4.23. The van der Waals surface area contributed by atoms with Crippen LogP contribution in [0.25, 0.3) is 39.2 Å². The number of esters is 1. The summed E-state index contributed by atoms with van der Waals surface area (Å²) in [5.74, 6) is -0.335. The third-order valence-corrected chi connectivity index (χ3v) is 5.87. The summed E-state index contributed by atoms with van der Waals surface area (Å²) in [6.45, 7) is 0. The summed E-state index contributed by atoms with van der Waals surface area (Å²) in [7, 11) is 1.96. The average Bonchev–Trinajstić information content (AvgIpc) is 3.34. The van der Waals surface area contributed by atoms with Gasteiger partial charge in [-0.3, -0.25) is 4.79 Å². The number of carbonyl (C=O) groups is 2. The lowest BCUT2D eigenvalue weighted by Crippen LogP contribution is -2.25. The molecule has 5 heteroatoms. The van der Waals surface area contributed by atoms with E-state index >= 15 is 0 Å². The predicted octanol–water partition coefficient (Wildman–Crippen LogP) is 5.78. The van der Waals surface area contributed by atoms with Gasteiger partial charge in [0, 0.05) is 19.2 Å². The first-order valence-corrected chi connectivity index (χ1v) is 10.2. The summed E-state index contributed by atoms with van der Waals surface area (Å²) in [5.41, 5.74) is 3.98. The lowest BCUT2D eigenvalue weighted by atomic mass is 9.96. The van der Waals surface area contributed by atoms with Crippen molar-refractivity contribution in [2.75, 3.05) is 0 Å². The molecule has 0 fully saturated rings. The van der Waals surface area contributed by atoms with Crippen LogP contribution in [0.5, 0.6) is 5.75 Å². The molecule has 1 aliphatic heterocycles. The van der Waals surface area contributed by atoms with Crippen LogP contribution in [0.4, 0.5) is 0 Å². The summed E-state index contributed by atoms with van der Waals surface area (Å²) in [6.07, 6.45) is 1.46. The molecule has 0 aliphatic carbocycles. The average molecular weight is 419 g/mol. The number of rotatable bonds is 2. The maximum atomic E-state index is 13.1. The van der Waals surface area contributed by atoms with Crippen molar-refractivity contribution in [2.45, 2.75) is 0 Å². The Morgan fingerprint density at radius 3 is 2.31 bits per heavy atom. The maximum absolute atomic E-state index is 13.1. The molecule has 1 aliphatic rings. The van der Waals surface area contributed by atoms with E-state index in [9.17, 15) is 9.59 Å². The third kappa shape index (κ3) is 2.79. The van der Waals surface area contributed by atoms with E-state index in [-0.39, 0.29) is 17.1 Å². The van der Waals surface area contributed by atoms with Gasteiger partial charge in [0.1, 0.15) is 17.1 Å². The SMILES string of the molecule is Cn1c(-c2ccccc2)cc2oc(/C=C3\C(=O)Oc4cc5ccccc5cc4C3=O)cc21. The van der Waals surface area contributed by atoms with Crippen molar-refractivity contribution in [1.82, 2.24) is 4.57 Å². The fraction of sp³-hybridized carbons (Fsp3) is 0.0370. The van der Waals surface area contributed by atoms with E-state index < -0.39 is 5.97 Å². The zero-order valence-electron chi connectivity index (χ0n) is 17.2. The molecule has 0 saturated carbocycles. The summed E-state index contributed by atoms with van der Waals surface area (Å²) < 4.78 is 13.5. The van der Waals surface area contributed by atoms with E-state index in [0.717, 1.165) is 27.5 Å². The second kappa shape index (κ2) is 6.82. The number of fused-ring (bicyclic) bond motifs is 3. The molecule has 3 aromatic carbocycles. The molecule has 0 saturated heterocycles. The van der Waals surface area contributed by atoms with Crippen LogP contribution in [-0.4, -0.2) is 16.3 Å². The zero-order chi connectivity index (χ0) is 21.8. The van der Waals surface area contributed by atoms with Crippen LogP contribution in [0.15, 0.2) is 88.9 Å². The Labute approximate surface area is 183 Å². The van der Waals surface area contributed by atoms with Crippen molar-refractivity contribution in [3.63, 3.8) is 0 Å². The van der Waals surface area contributed by atoms with Crippen LogP contribution >= 0.6 is 0 Å². The standard InChI is InChI=1S/C27H17NO4/c1-28-22(16-7-3-2-4-8-16)15-25-23(28)14-19(31-25)13-21-26(29)20-11-17-9-5-6-10-18(17)12-24(20)32-27(21)30/h2-15H,1H3/b21-13-. The molecular formula is C27H17NO4. The van der Waals surface area contributed by atoms with Gasteiger partial charge < -0.3 is 13.7 Å². The molecule has 0 radical (unpaired) electrons. The first-order valence-electron chi connectivity index (χ1n) is 10.2. The minimum absolute atomic E-state index is 0.0462. The Morgan fingerprint density at radius 2 is 1.56 bits per heavy atom. The number of carbonyl (C=O) groups excluding carboxylic acids is 2. The van der Waals surface area contributed by atoms with E-state index in [1.54, 1.807) is 12.1 Å². The summed E-state index contributed by atoms with van der Waals surface area (Å²) in [5, 5.41) is 1.82. The van der Waals surface area contributed by atoms with E-state index in [0.29, 0.717) is 16.9 Å². The van der Waals surface area contributed by atoms with Crippen molar-refractivity contribution in [3.8, 4) is 17.0 Å². The third-order valence-electron chi connectivity index (χ3n) is 5.87. The number of aromatic nitrogens is 1. The van der Waals surface area contributed by atoms with Crippen molar-refractivity contribution in [3.05, 3.63) is 95.8 Å². The van der Waals surface area contributed by atoms with Gasteiger partial charge in [-0.25, -0.2) is 4.79 Å². The smallest absolute Gasteiger partial charge is 0.347 e. The van der Waals surface area contributed by atoms with Crippen molar-refractivity contribution >= 4 is 39.7 Å². The van der Waals surface area contributed by atoms with Crippen LogP contribution in [0, 0.1) is 0 Å². The summed E-state index contributed by atoms with van der Waals surface area (Å²) >= 11 is 0. The van der Waals surface area contributed by atoms with Gasteiger partial charge in [-0.2, -0.15) is 0 Å². The number of furan rings is 1. The summed E-state index contributed by atoms with van der Waals surface area (Å²) in [6, 6.07) is 24.9. The van der Waals surface area contributed by atoms with Gasteiger partial charge >= 0.3 is 5.97 Å². The van der Waals surface area contributed by atoms with Crippen LogP contribution < -0.4 is 4.74 Å². The highest BCUT2D eigenvalue weighted by Gasteiger charge is 2.31. The predicted molar refractivity (Wildman–Crippen MR) is 123 cm³/mol. The van der Waals surface area contributed by atoms with Crippen LogP contribution in [0.1, 0.15) is 16.1 Å². The number of Topliss-reactive ketones (excluding diaryl/α,β-unsaturated/α-hetero) is 1. The Balaban J connectivity index is 1.41. The van der Waals surface area contributed by atoms with Gasteiger partial charge in [-0.1, -0.05) is 54.6 Å². The molecule has 0 atom stereocenters. The number of ether oxygens (including phenoxy) is 1. The number of hydrogen-bond donors (Lipinski definition) is 0. The van der Waals surface area contributed by atoms with Gasteiger partial charge in [-0.15, -0.1) is 0 Å². The number of benzene rings is 3. The minimum atomic E-state index is -0.678. The van der Waals surface area contributed by atoms with Crippen LogP contribution in [-0.2, 0) is 11.8 Å². The molecule has 0 spiro atoms. The zero-order valence-corrected chi connectivity index (χ0v) is 17.2. The molecule has 154 valence electrons. The molecule has 0 unspecified atom stereocenters. The first-order chi connectivity index (χ1) is 15.6. The molecule has 5 aromatic rings. The van der Waals surface area contributed by atoms with Gasteiger partial charge in [-0.05, 0) is 34.5 Å². The highest BCUT2D eigenvalue weighted by molar-refractivity contribution is 6.30. The van der Waals surface area contributed by atoms with E-state index in [2.05, 4.69) is 0 Å². The molecule has 0 bridgehead atoms. The molecule has 32 heavy (non-hydrogen) atoms. The van der Waals surface area contributed by atoms with Gasteiger partial charge in [0.25, 0.3) is 0 Å². The molecule has 2 aromatic heterocycles. The highest BCUT2D eigenvalue weighted by atomic mass is 16.5. The van der Waals surface area contributed by atoms with E-state index in [1.165, 1.54) is 6.08 Å². The molecule has 0 N–H and O–H groups in total. The lowest BCUT2D eigenvalue weighted by molar-refractivity contribution is -0.130. The quantitative estimate of drug-likeness (QED) is 0.158. The first kappa shape index (κ1) is 18.4. The fourth-order valence-corrected chi connectivity index (χ4v) is 4.23. The van der Waals surface area contributed by atoms with Crippen molar-refractivity contribution in [1.29, 1.82) is 0 Å². The van der Waals surface area contributed by atoms with Crippen molar-refractivity contribution in [2.24, 2.45) is 7.05 Å². The van der Waals surface area contributed by atoms with Gasteiger partial charge in [0.05, 0.1) is 16.8 Å². The second-order valence-corrected chi connectivity index (χ2v) is 7.83. The van der Waals surface area contributed by atoms with Crippen LogP contribution in [0.2, 0.25) is 0 Å². The molecule has 0 amide bonds. The van der Waals surface area contributed by atoms with Crippen LogP contribution in [0.3, 0.4) is 0 Å². The topological polar surface area (TPSA) is 61.4 Å². The van der Waals surface area contributed by atoms with Gasteiger partial charge in [0.2, 0.25) is 5.78 Å². The van der Waals surface area contributed by atoms with Crippen molar-refractivity contribution < 1.29 is 18.7 Å². The highest BCUT2D eigenvalue weighted by Crippen LogP contribution is 2.34. The molecular weight excluding hydrogens is 402 g/mol. The Morgan fingerprint density at radius 1 is 0.844 bits per heavy atom. The monoisotopic (exact) mass is 419 g/mol. The summed E-state index contributed by atoms with van der Waals surface area (Å²) in [4.78, 5) is 25.7. The lowest BCUT2D eigenvalue weighted by Gasteiger charge is -2.17. The van der Waals surface area contributed by atoms with E-state index in [1.807, 2.05) is 78.3 Å². The maximum Gasteiger partial charge on any atom is 0.347 e. The largest absolute Gasteiger partial charge is 0.455 e. The molecule has 5 nitrogen and oxygen atoms in total. The number of hydrogen-bond acceptors (Lipinski definition) is 4.